The number of rotatable bonds is 5. The van der Waals surface area contributed by atoms with Crippen LogP contribution in [0, 0.1) is 25.2 Å². The summed E-state index contributed by atoms with van der Waals surface area (Å²) in [5.74, 6) is 0.157. The van der Waals surface area contributed by atoms with Gasteiger partial charge in [-0.05, 0) is 113 Å². The van der Waals surface area contributed by atoms with Gasteiger partial charge in [-0.1, -0.05) is 6.07 Å². The lowest BCUT2D eigenvalue weighted by Gasteiger charge is -2.29. The highest BCUT2D eigenvalue weighted by Crippen LogP contribution is 2.42. The fourth-order valence-electron chi connectivity index (χ4n) is 6.92. The molecule has 0 N–H and O–H groups in total. The third kappa shape index (κ3) is 8.40. The van der Waals surface area contributed by atoms with Gasteiger partial charge in [0, 0.05) is 35.9 Å². The maximum Gasteiger partial charge on any atom is 0.425 e. The quantitative estimate of drug-likeness (QED) is 0.179. The van der Waals surface area contributed by atoms with Crippen LogP contribution in [0.1, 0.15) is 111 Å². The Hall–Kier alpha value is -5.36. The Morgan fingerprint density at radius 3 is 2.14 bits per heavy atom. The maximum absolute atomic E-state index is 14.3. The van der Waals surface area contributed by atoms with Crippen molar-refractivity contribution in [3.63, 3.8) is 0 Å². The van der Waals surface area contributed by atoms with Crippen LogP contribution in [0.4, 0.5) is 20.2 Å². The number of benzene rings is 1. The maximum atomic E-state index is 14.3. The van der Waals surface area contributed by atoms with E-state index in [9.17, 15) is 19.6 Å². The van der Waals surface area contributed by atoms with Crippen molar-refractivity contribution in [1.29, 1.82) is 5.26 Å². The molecule has 0 saturated carbocycles. The van der Waals surface area contributed by atoms with Gasteiger partial charge in [0.2, 0.25) is 5.88 Å². The standard InChI is InChI=1S/C41H53N7O8/c1-24-15-16-30-29(22-43-48(30)31-14-12-13-19-52-31)32(24)46-33-27(20-25(2)34(44-33)53-26-17-18-45(23-26)36(49)54-39(3,4)5)28(21-42)35(46)47(37(50)55-40(6,7)8)38(51)56-41(9,10)11/h15-16,20,22,26,31H,12-14,17-19,23H2,1-11H3/t26-,31?/m0/s1. The molecule has 2 atom stereocenters. The van der Waals surface area contributed by atoms with Gasteiger partial charge < -0.3 is 28.6 Å². The molecule has 2 saturated heterocycles. The summed E-state index contributed by atoms with van der Waals surface area (Å²) in [4.78, 5) is 48.8. The topological polar surface area (TPSA) is 163 Å². The lowest BCUT2D eigenvalue weighted by Crippen LogP contribution is -2.45. The number of imide groups is 1. The minimum Gasteiger partial charge on any atom is -0.472 e. The normalized spacial score (nSPS) is 17.9. The fraction of sp³-hybridized carbons (Fsp3) is 0.561. The summed E-state index contributed by atoms with van der Waals surface area (Å²) in [7, 11) is 0. The lowest BCUT2D eigenvalue weighted by molar-refractivity contribution is -0.0366. The summed E-state index contributed by atoms with van der Waals surface area (Å²) >= 11 is 0. The number of pyridine rings is 1. The summed E-state index contributed by atoms with van der Waals surface area (Å²) in [5, 5.41) is 16.7. The molecule has 2 fully saturated rings. The van der Waals surface area contributed by atoms with E-state index < -0.39 is 41.2 Å². The molecule has 0 spiro atoms. The van der Waals surface area contributed by atoms with Crippen molar-refractivity contribution >= 4 is 46.0 Å². The van der Waals surface area contributed by atoms with Gasteiger partial charge in [-0.3, -0.25) is 4.57 Å². The van der Waals surface area contributed by atoms with E-state index in [1.54, 1.807) is 70.2 Å². The van der Waals surface area contributed by atoms with Crippen LogP contribution in [0.2, 0.25) is 0 Å². The van der Waals surface area contributed by atoms with Crippen molar-refractivity contribution in [3.05, 3.63) is 41.1 Å². The molecule has 1 aromatic carbocycles. The number of ether oxygens (including phenoxy) is 5. The van der Waals surface area contributed by atoms with Crippen molar-refractivity contribution in [2.24, 2.45) is 0 Å². The number of likely N-dealkylation sites (tertiary alicyclic amines) is 1. The molecule has 15 heteroatoms. The van der Waals surface area contributed by atoms with Crippen LogP contribution in [-0.4, -0.2) is 85.1 Å². The van der Waals surface area contributed by atoms with Gasteiger partial charge in [0.1, 0.15) is 34.5 Å². The molecule has 0 aliphatic carbocycles. The third-order valence-corrected chi connectivity index (χ3v) is 9.22. The van der Waals surface area contributed by atoms with Gasteiger partial charge >= 0.3 is 18.3 Å². The molecule has 300 valence electrons. The zero-order chi connectivity index (χ0) is 40.9. The van der Waals surface area contributed by atoms with E-state index in [-0.39, 0.29) is 35.7 Å². The minimum absolute atomic E-state index is 0.00440. The van der Waals surface area contributed by atoms with Crippen LogP contribution in [0.25, 0.3) is 27.6 Å². The van der Waals surface area contributed by atoms with E-state index in [2.05, 4.69) is 6.07 Å². The molecule has 2 aliphatic heterocycles. The number of hydrogen-bond donors (Lipinski definition) is 0. The average Bonchev–Trinajstić information content (AvgIpc) is 3.80. The largest absolute Gasteiger partial charge is 0.472 e. The second-order valence-corrected chi connectivity index (χ2v) is 17.5. The van der Waals surface area contributed by atoms with Crippen molar-refractivity contribution in [2.75, 3.05) is 24.6 Å². The minimum atomic E-state index is -1.04. The molecule has 3 aromatic heterocycles. The van der Waals surface area contributed by atoms with Crippen LogP contribution in [0.5, 0.6) is 5.88 Å². The van der Waals surface area contributed by atoms with Gasteiger partial charge in [-0.25, -0.2) is 19.1 Å². The first-order valence-corrected chi connectivity index (χ1v) is 19.1. The van der Waals surface area contributed by atoms with Crippen LogP contribution >= 0.6 is 0 Å². The highest BCUT2D eigenvalue weighted by molar-refractivity contribution is 6.13. The smallest absolute Gasteiger partial charge is 0.425 e. The van der Waals surface area contributed by atoms with E-state index in [0.29, 0.717) is 41.6 Å². The van der Waals surface area contributed by atoms with Gasteiger partial charge in [-0.2, -0.15) is 20.2 Å². The molecular weight excluding hydrogens is 718 g/mol. The summed E-state index contributed by atoms with van der Waals surface area (Å²) < 4.78 is 33.3. The molecule has 4 aromatic rings. The predicted molar refractivity (Wildman–Crippen MR) is 209 cm³/mol. The Bertz CT molecular complexity index is 2180. The van der Waals surface area contributed by atoms with E-state index in [1.807, 2.05) is 44.5 Å². The first kappa shape index (κ1) is 40.3. The Labute approximate surface area is 327 Å². The number of carbonyl (C=O) groups excluding carboxylic acids is 3. The number of carbonyl (C=O) groups is 3. The molecule has 2 aliphatic rings. The first-order valence-electron chi connectivity index (χ1n) is 19.1. The zero-order valence-corrected chi connectivity index (χ0v) is 34.3. The Morgan fingerprint density at radius 1 is 0.893 bits per heavy atom. The van der Waals surface area contributed by atoms with Crippen molar-refractivity contribution in [3.8, 4) is 17.6 Å². The monoisotopic (exact) mass is 771 g/mol. The molecule has 0 radical (unpaired) electrons. The Balaban J connectivity index is 1.59. The SMILES string of the molecule is Cc1cc2c(C#N)c(N(C(=O)OC(C)(C)C)C(=O)OC(C)(C)C)n(-c3c(C)ccc4c3cnn4C3CCCCO3)c2nc1O[C@H]1CCN(C(=O)OC(C)(C)C)C1. The third-order valence-electron chi connectivity index (χ3n) is 9.22. The van der Waals surface area contributed by atoms with Crippen LogP contribution in [-0.2, 0) is 18.9 Å². The van der Waals surface area contributed by atoms with Crippen molar-refractivity contribution in [1.82, 2.24) is 24.2 Å². The van der Waals surface area contributed by atoms with Gasteiger partial charge in [-0.15, -0.1) is 0 Å². The fourth-order valence-corrected chi connectivity index (χ4v) is 6.92. The number of fused-ring (bicyclic) bond motifs is 2. The summed E-state index contributed by atoms with van der Waals surface area (Å²) in [6.45, 7) is 20.6. The lowest BCUT2D eigenvalue weighted by atomic mass is 10.1. The van der Waals surface area contributed by atoms with Crippen LogP contribution in [0.3, 0.4) is 0 Å². The molecular formula is C41H53N7O8. The zero-order valence-electron chi connectivity index (χ0n) is 34.3. The second-order valence-electron chi connectivity index (χ2n) is 17.5. The van der Waals surface area contributed by atoms with Gasteiger partial charge in [0.15, 0.2) is 17.7 Å². The van der Waals surface area contributed by atoms with Crippen molar-refractivity contribution in [2.45, 2.75) is 131 Å². The number of hydrogen-bond acceptors (Lipinski definition) is 11. The van der Waals surface area contributed by atoms with Crippen molar-refractivity contribution < 1.29 is 38.1 Å². The molecule has 15 nitrogen and oxygen atoms in total. The Kier molecular flexibility index (Phi) is 10.8. The highest BCUT2D eigenvalue weighted by Gasteiger charge is 2.40. The molecule has 6 rings (SSSR count). The molecule has 0 bridgehead atoms. The number of nitrogens with zero attached hydrogens (tertiary/aromatic N) is 7. The van der Waals surface area contributed by atoms with E-state index >= 15 is 0 Å². The van der Waals surface area contributed by atoms with E-state index in [4.69, 9.17) is 33.8 Å². The summed E-state index contributed by atoms with van der Waals surface area (Å²) in [6, 6.07) is 7.90. The molecule has 3 amide bonds. The average molecular weight is 772 g/mol. The number of anilines is 1. The van der Waals surface area contributed by atoms with Crippen LogP contribution in [0.15, 0.2) is 24.4 Å². The number of aryl methyl sites for hydroxylation is 2. The van der Waals surface area contributed by atoms with Gasteiger partial charge in [0.05, 0.1) is 23.9 Å². The second kappa shape index (κ2) is 14.9. The van der Waals surface area contributed by atoms with E-state index in [1.165, 1.54) is 0 Å². The molecule has 1 unspecified atom stereocenters. The highest BCUT2D eigenvalue weighted by atomic mass is 16.6. The first-order chi connectivity index (χ1) is 26.2. The van der Waals surface area contributed by atoms with Crippen LogP contribution < -0.4 is 9.64 Å². The molecule has 5 heterocycles. The predicted octanol–water partition coefficient (Wildman–Crippen LogP) is 8.63. The summed E-state index contributed by atoms with van der Waals surface area (Å²) in [5.41, 5.74) is 0.199. The number of nitriles is 1. The Morgan fingerprint density at radius 2 is 1.55 bits per heavy atom. The van der Waals surface area contributed by atoms with E-state index in [0.717, 1.165) is 35.2 Å². The summed E-state index contributed by atoms with van der Waals surface area (Å²) in [6.07, 6.45) is 1.83. The van der Waals surface area contributed by atoms with Gasteiger partial charge in [0.25, 0.3) is 0 Å². The number of aromatic nitrogens is 4. The molecule has 56 heavy (non-hydrogen) atoms. The number of amides is 3.